The molecule has 5 rings (SSSR count). The van der Waals surface area contributed by atoms with E-state index in [1.807, 2.05) is 36.4 Å². The highest BCUT2D eigenvalue weighted by Gasteiger charge is 2.50. The van der Waals surface area contributed by atoms with E-state index < -0.39 is 23.6 Å². The van der Waals surface area contributed by atoms with Crippen molar-refractivity contribution < 1.29 is 29.3 Å². The number of likely N-dealkylation sites (tertiary alicyclic amines) is 1. The van der Waals surface area contributed by atoms with Crippen molar-refractivity contribution in [1.82, 2.24) is 9.88 Å². The summed E-state index contributed by atoms with van der Waals surface area (Å²) in [6, 6.07) is 16.0. The molecule has 1 aliphatic carbocycles. The fourth-order valence-electron chi connectivity index (χ4n) is 4.17. The van der Waals surface area contributed by atoms with Crippen LogP contribution in [0.4, 0.5) is 9.93 Å². The van der Waals surface area contributed by atoms with Crippen LogP contribution in [0.3, 0.4) is 0 Å². The minimum atomic E-state index is -1.91. The van der Waals surface area contributed by atoms with Crippen LogP contribution in [-0.4, -0.2) is 63.4 Å². The van der Waals surface area contributed by atoms with Crippen LogP contribution in [0.25, 0.3) is 11.1 Å². The van der Waals surface area contributed by atoms with Crippen LogP contribution in [0.15, 0.2) is 54.7 Å². The number of fused-ring (bicyclic) bond motifs is 3. The van der Waals surface area contributed by atoms with Gasteiger partial charge in [-0.1, -0.05) is 59.9 Å². The van der Waals surface area contributed by atoms with Gasteiger partial charge in [0.05, 0.1) is 19.3 Å². The SMILES string of the molecule is O=C(Nc1ncc(C(=O)N2CC(O)(C(=O)O)C2)s1)OCC1c2ccccc2-c2ccccc21. The molecule has 2 aromatic carbocycles. The zero-order valence-corrected chi connectivity index (χ0v) is 18.0. The third kappa shape index (κ3) is 3.73. The first-order chi connectivity index (χ1) is 15.9. The fourth-order valence-corrected chi connectivity index (χ4v) is 4.94. The van der Waals surface area contributed by atoms with Gasteiger partial charge in [0.2, 0.25) is 0 Å². The van der Waals surface area contributed by atoms with Crippen molar-refractivity contribution in [3.63, 3.8) is 0 Å². The number of aromatic nitrogens is 1. The standard InChI is InChI=1S/C23H19N3O6S/c27-19(26-11-23(31,12-26)20(28)29)18-9-24-21(33-18)25-22(30)32-10-17-15-7-3-1-5-13(15)14-6-2-4-8-16(14)17/h1-9,17,31H,10-12H2,(H,28,29)(H,24,25,30). The third-order valence-electron chi connectivity index (χ3n) is 5.86. The smallest absolute Gasteiger partial charge is 0.413 e. The lowest BCUT2D eigenvalue weighted by Crippen LogP contribution is -2.67. The van der Waals surface area contributed by atoms with E-state index in [9.17, 15) is 19.5 Å². The first-order valence-electron chi connectivity index (χ1n) is 10.2. The molecule has 0 atom stereocenters. The van der Waals surface area contributed by atoms with E-state index in [-0.39, 0.29) is 35.6 Å². The molecule has 0 bridgehead atoms. The van der Waals surface area contributed by atoms with Gasteiger partial charge in [-0.2, -0.15) is 0 Å². The van der Waals surface area contributed by atoms with E-state index in [1.165, 1.54) is 11.1 Å². The number of thiazole rings is 1. The lowest BCUT2D eigenvalue weighted by molar-refractivity contribution is -0.173. The zero-order valence-electron chi connectivity index (χ0n) is 17.2. The van der Waals surface area contributed by atoms with Crippen LogP contribution in [0.2, 0.25) is 0 Å². The summed E-state index contributed by atoms with van der Waals surface area (Å²) in [5, 5.41) is 21.4. The van der Waals surface area contributed by atoms with Crippen LogP contribution in [0, 0.1) is 0 Å². The summed E-state index contributed by atoms with van der Waals surface area (Å²) in [5.74, 6) is -1.90. The van der Waals surface area contributed by atoms with Crippen molar-refractivity contribution in [2.75, 3.05) is 25.0 Å². The Hall–Kier alpha value is -3.76. The van der Waals surface area contributed by atoms with Crippen molar-refractivity contribution in [1.29, 1.82) is 0 Å². The Balaban J connectivity index is 1.20. The number of hydrogen-bond donors (Lipinski definition) is 3. The second kappa shape index (κ2) is 7.98. The van der Waals surface area contributed by atoms with Crippen molar-refractivity contribution in [3.8, 4) is 11.1 Å². The largest absolute Gasteiger partial charge is 0.479 e. The number of aliphatic hydroxyl groups is 1. The van der Waals surface area contributed by atoms with E-state index in [4.69, 9.17) is 9.84 Å². The second-order valence-corrected chi connectivity index (χ2v) is 9.01. The highest BCUT2D eigenvalue weighted by atomic mass is 32.1. The zero-order chi connectivity index (χ0) is 23.2. The Labute approximate surface area is 192 Å². The molecule has 2 aliphatic rings. The number of nitrogens with zero attached hydrogens (tertiary/aromatic N) is 2. The van der Waals surface area contributed by atoms with Crippen molar-refractivity contribution in [3.05, 3.63) is 70.7 Å². The molecule has 2 amide bonds. The topological polar surface area (TPSA) is 129 Å². The second-order valence-electron chi connectivity index (χ2n) is 7.98. The van der Waals surface area contributed by atoms with E-state index in [2.05, 4.69) is 22.4 Å². The summed E-state index contributed by atoms with van der Waals surface area (Å²) in [6.07, 6.45) is 0.610. The molecule has 33 heavy (non-hydrogen) atoms. The van der Waals surface area contributed by atoms with Gasteiger partial charge in [0, 0.05) is 5.92 Å². The summed E-state index contributed by atoms with van der Waals surface area (Å²) in [5.41, 5.74) is 2.55. The molecule has 1 aromatic heterocycles. The quantitative estimate of drug-likeness (QED) is 0.528. The van der Waals surface area contributed by atoms with Gasteiger partial charge in [-0.05, 0) is 22.3 Å². The monoisotopic (exact) mass is 465 g/mol. The lowest BCUT2D eigenvalue weighted by atomic mass is 9.94. The summed E-state index contributed by atoms with van der Waals surface area (Å²) in [7, 11) is 0. The molecule has 9 nitrogen and oxygen atoms in total. The molecule has 0 saturated carbocycles. The number of anilines is 1. The van der Waals surface area contributed by atoms with Gasteiger partial charge in [-0.25, -0.2) is 14.6 Å². The molecule has 0 radical (unpaired) electrons. The molecular weight excluding hydrogens is 446 g/mol. The van der Waals surface area contributed by atoms with Crippen LogP contribution in [0.1, 0.15) is 26.7 Å². The minimum Gasteiger partial charge on any atom is -0.479 e. The van der Waals surface area contributed by atoms with Crippen LogP contribution in [0.5, 0.6) is 0 Å². The molecule has 0 spiro atoms. The average molecular weight is 465 g/mol. The normalized spacial score (nSPS) is 15.8. The highest BCUT2D eigenvalue weighted by molar-refractivity contribution is 7.17. The Morgan fingerprint density at radius 2 is 1.70 bits per heavy atom. The Morgan fingerprint density at radius 1 is 1.09 bits per heavy atom. The molecule has 0 unspecified atom stereocenters. The number of hydrogen-bond acceptors (Lipinski definition) is 7. The number of carboxylic acids is 1. The van der Waals surface area contributed by atoms with E-state index >= 15 is 0 Å². The molecule has 3 N–H and O–H groups in total. The van der Waals surface area contributed by atoms with Gasteiger partial charge < -0.3 is 19.8 Å². The molecule has 10 heteroatoms. The van der Waals surface area contributed by atoms with Gasteiger partial charge >= 0.3 is 12.1 Å². The third-order valence-corrected chi connectivity index (χ3v) is 6.76. The maximum Gasteiger partial charge on any atom is 0.413 e. The van der Waals surface area contributed by atoms with E-state index in [1.54, 1.807) is 0 Å². The highest BCUT2D eigenvalue weighted by Crippen LogP contribution is 2.44. The Kier molecular flexibility index (Phi) is 5.10. The molecule has 168 valence electrons. The number of amides is 2. The van der Waals surface area contributed by atoms with Gasteiger partial charge in [-0.3, -0.25) is 10.1 Å². The first-order valence-corrected chi connectivity index (χ1v) is 11.0. The predicted octanol–water partition coefficient (Wildman–Crippen LogP) is 2.78. The number of carbonyl (C=O) groups excluding carboxylic acids is 2. The van der Waals surface area contributed by atoms with Gasteiger partial charge in [-0.15, -0.1) is 0 Å². The number of rotatable bonds is 5. The number of carbonyl (C=O) groups is 3. The van der Waals surface area contributed by atoms with Gasteiger partial charge in [0.25, 0.3) is 5.91 Å². The number of aliphatic carboxylic acids is 1. The molecule has 1 fully saturated rings. The Morgan fingerprint density at radius 3 is 2.30 bits per heavy atom. The van der Waals surface area contributed by atoms with E-state index in [0.29, 0.717) is 0 Å². The van der Waals surface area contributed by atoms with Gasteiger partial charge in [0.15, 0.2) is 10.7 Å². The number of nitrogens with one attached hydrogen (secondary N) is 1. The summed E-state index contributed by atoms with van der Waals surface area (Å²) in [4.78, 5) is 41.2. The maximum atomic E-state index is 12.4. The molecule has 2 heterocycles. The Bertz CT molecular complexity index is 1220. The van der Waals surface area contributed by atoms with Crippen LogP contribution in [-0.2, 0) is 9.53 Å². The summed E-state index contributed by atoms with van der Waals surface area (Å²) in [6.45, 7) is -0.443. The molecule has 1 saturated heterocycles. The van der Waals surface area contributed by atoms with Crippen LogP contribution >= 0.6 is 11.3 Å². The summed E-state index contributed by atoms with van der Waals surface area (Å²) < 4.78 is 5.47. The minimum absolute atomic E-state index is 0.0732. The number of β-amino-alcohol motifs (C(OH)–C–C–N with tert-alkyl or cyclic N) is 1. The van der Waals surface area contributed by atoms with Gasteiger partial charge in [0.1, 0.15) is 11.5 Å². The maximum absolute atomic E-state index is 12.4. The van der Waals surface area contributed by atoms with Crippen LogP contribution < -0.4 is 5.32 Å². The number of benzene rings is 2. The van der Waals surface area contributed by atoms with Crippen molar-refractivity contribution in [2.45, 2.75) is 11.5 Å². The van der Waals surface area contributed by atoms with E-state index in [0.717, 1.165) is 33.6 Å². The number of ether oxygens (including phenoxy) is 1. The molecular formula is C23H19N3O6S. The average Bonchev–Trinajstić information content (AvgIpc) is 3.37. The van der Waals surface area contributed by atoms with Crippen molar-refractivity contribution in [2.24, 2.45) is 0 Å². The fraction of sp³-hybridized carbons (Fsp3) is 0.217. The lowest BCUT2D eigenvalue weighted by Gasteiger charge is -2.42. The first kappa shape index (κ1) is 21.1. The predicted molar refractivity (Wildman–Crippen MR) is 119 cm³/mol. The number of carboxylic acid groups (broad SMARTS) is 1. The molecule has 3 aromatic rings. The summed E-state index contributed by atoms with van der Waals surface area (Å²) >= 11 is 0.947. The molecule has 1 aliphatic heterocycles. The van der Waals surface area contributed by atoms with Crippen molar-refractivity contribution >= 4 is 34.4 Å².